The van der Waals surface area contributed by atoms with E-state index in [-0.39, 0.29) is 5.91 Å². The molecule has 2 saturated heterocycles. The van der Waals surface area contributed by atoms with Crippen LogP contribution in [0.4, 0.5) is 0 Å². The van der Waals surface area contributed by atoms with E-state index < -0.39 is 5.79 Å². The van der Waals surface area contributed by atoms with Crippen LogP contribution < -0.4 is 4.74 Å². The molecule has 4 heterocycles. The van der Waals surface area contributed by atoms with Crippen LogP contribution in [-0.2, 0) is 9.47 Å². The molecule has 6 rings (SSSR count). The molecule has 0 unspecified atom stereocenters. The predicted octanol–water partition coefficient (Wildman–Crippen LogP) is 4.05. The lowest BCUT2D eigenvalue weighted by molar-refractivity contribution is -0.181. The van der Waals surface area contributed by atoms with Crippen molar-refractivity contribution in [2.45, 2.75) is 18.6 Å². The second-order valence-corrected chi connectivity index (χ2v) is 8.82. The zero-order chi connectivity index (χ0) is 23.8. The van der Waals surface area contributed by atoms with Gasteiger partial charge in [-0.05, 0) is 18.2 Å². The van der Waals surface area contributed by atoms with Crippen molar-refractivity contribution in [3.05, 3.63) is 72.4 Å². The number of amides is 1. The van der Waals surface area contributed by atoms with Crippen LogP contribution in [0.1, 0.15) is 23.3 Å². The van der Waals surface area contributed by atoms with Gasteiger partial charge in [0.15, 0.2) is 11.4 Å². The first-order valence-corrected chi connectivity index (χ1v) is 11.8. The lowest BCUT2D eigenvalue weighted by atomic mass is 10.0. The van der Waals surface area contributed by atoms with Gasteiger partial charge >= 0.3 is 0 Å². The number of likely N-dealkylation sites (tertiary alicyclic amines) is 1. The summed E-state index contributed by atoms with van der Waals surface area (Å²) < 4.78 is 18.9. The number of carbonyl (C=O) groups is 1. The van der Waals surface area contributed by atoms with Crippen molar-refractivity contribution in [3.8, 4) is 28.3 Å². The van der Waals surface area contributed by atoms with Crippen LogP contribution in [0.5, 0.6) is 5.75 Å². The Kier molecular flexibility index (Phi) is 5.47. The smallest absolute Gasteiger partial charge is 0.272 e. The van der Waals surface area contributed by atoms with Crippen LogP contribution in [0.2, 0.25) is 0 Å². The molecular weight excluding hydrogens is 444 g/mol. The maximum absolute atomic E-state index is 13.6. The molecule has 1 amide bonds. The second-order valence-electron chi connectivity index (χ2n) is 8.82. The Morgan fingerprint density at radius 3 is 2.43 bits per heavy atom. The Bertz CT molecular complexity index is 1370. The number of fused-ring (bicyclic) bond motifs is 1. The highest BCUT2D eigenvalue weighted by Gasteiger charge is 2.41. The Morgan fingerprint density at radius 2 is 1.69 bits per heavy atom. The maximum atomic E-state index is 13.6. The highest BCUT2D eigenvalue weighted by molar-refractivity contribution is 5.94. The van der Waals surface area contributed by atoms with Crippen LogP contribution in [0.25, 0.3) is 28.2 Å². The van der Waals surface area contributed by atoms with Gasteiger partial charge in [-0.25, -0.2) is 9.50 Å². The normalized spacial score (nSPS) is 17.2. The molecule has 8 heteroatoms. The number of ether oxygens (including phenoxy) is 3. The highest BCUT2D eigenvalue weighted by Crippen LogP contribution is 2.32. The summed E-state index contributed by atoms with van der Waals surface area (Å²) in [6, 6.07) is 21.4. The van der Waals surface area contributed by atoms with Gasteiger partial charge in [-0.2, -0.15) is 5.10 Å². The SMILES string of the molecule is COc1cccc(-c2cc(C(=O)N3CCC4(CC3)OCCO4)nc3cc(-c4ccccc4)nn23)c1. The van der Waals surface area contributed by atoms with Crippen molar-refractivity contribution in [2.75, 3.05) is 33.4 Å². The first-order valence-electron chi connectivity index (χ1n) is 11.8. The molecule has 8 nitrogen and oxygen atoms in total. The third-order valence-electron chi connectivity index (χ3n) is 6.71. The molecule has 2 fully saturated rings. The lowest BCUT2D eigenvalue weighted by Gasteiger charge is -2.37. The molecule has 0 aliphatic carbocycles. The highest BCUT2D eigenvalue weighted by atomic mass is 16.7. The number of carbonyl (C=O) groups excluding carboxylic acids is 1. The molecule has 0 atom stereocenters. The summed E-state index contributed by atoms with van der Waals surface area (Å²) >= 11 is 0. The zero-order valence-electron chi connectivity index (χ0n) is 19.5. The molecule has 2 aromatic heterocycles. The molecule has 0 N–H and O–H groups in total. The van der Waals surface area contributed by atoms with Gasteiger partial charge in [0.2, 0.25) is 0 Å². The maximum Gasteiger partial charge on any atom is 0.272 e. The lowest BCUT2D eigenvalue weighted by Crippen LogP contribution is -2.47. The molecule has 1 spiro atoms. The molecule has 0 bridgehead atoms. The van der Waals surface area contributed by atoms with E-state index in [2.05, 4.69) is 0 Å². The van der Waals surface area contributed by atoms with Crippen molar-refractivity contribution in [1.29, 1.82) is 0 Å². The summed E-state index contributed by atoms with van der Waals surface area (Å²) in [7, 11) is 1.64. The van der Waals surface area contributed by atoms with Gasteiger partial charge in [-0.3, -0.25) is 4.79 Å². The van der Waals surface area contributed by atoms with Crippen LogP contribution in [0.15, 0.2) is 66.7 Å². The van der Waals surface area contributed by atoms with Crippen LogP contribution in [0, 0.1) is 0 Å². The van der Waals surface area contributed by atoms with E-state index in [4.69, 9.17) is 24.3 Å². The van der Waals surface area contributed by atoms with Gasteiger partial charge in [0.05, 0.1) is 31.7 Å². The fourth-order valence-electron chi connectivity index (χ4n) is 4.82. The average Bonchev–Trinajstić information content (AvgIpc) is 3.56. The van der Waals surface area contributed by atoms with Crippen molar-refractivity contribution >= 4 is 11.6 Å². The number of hydrogen-bond acceptors (Lipinski definition) is 6. The molecule has 4 aromatic rings. The van der Waals surface area contributed by atoms with E-state index in [1.54, 1.807) is 11.6 Å². The van der Waals surface area contributed by atoms with Gasteiger partial charge in [-0.1, -0.05) is 42.5 Å². The standard InChI is InChI=1S/C27H26N4O4/c1-33-21-9-5-8-20(16-21)24-17-23(26(32)30-12-10-27(11-13-30)34-14-15-35-27)28-25-18-22(29-31(24)25)19-6-3-2-4-7-19/h2-9,16-18H,10-15H2,1H3. The van der Waals surface area contributed by atoms with Gasteiger partial charge in [0, 0.05) is 43.1 Å². The minimum Gasteiger partial charge on any atom is -0.497 e. The Balaban J connectivity index is 1.41. The molecule has 178 valence electrons. The third-order valence-corrected chi connectivity index (χ3v) is 6.71. The fraction of sp³-hybridized carbons (Fsp3) is 0.296. The van der Waals surface area contributed by atoms with E-state index in [1.165, 1.54) is 0 Å². The number of piperidine rings is 1. The Hall–Kier alpha value is -3.75. The van der Waals surface area contributed by atoms with Crippen molar-refractivity contribution in [3.63, 3.8) is 0 Å². The van der Waals surface area contributed by atoms with E-state index in [1.807, 2.05) is 71.6 Å². The van der Waals surface area contributed by atoms with Gasteiger partial charge < -0.3 is 19.1 Å². The minimum atomic E-state index is -0.532. The quantitative estimate of drug-likeness (QED) is 0.448. The largest absolute Gasteiger partial charge is 0.497 e. The minimum absolute atomic E-state index is 0.105. The molecule has 35 heavy (non-hydrogen) atoms. The summed E-state index contributed by atoms with van der Waals surface area (Å²) in [5, 5.41) is 4.83. The summed E-state index contributed by atoms with van der Waals surface area (Å²) in [5.41, 5.74) is 4.44. The fourth-order valence-corrected chi connectivity index (χ4v) is 4.82. The van der Waals surface area contributed by atoms with Crippen molar-refractivity contribution in [2.24, 2.45) is 0 Å². The topological polar surface area (TPSA) is 78.2 Å². The van der Waals surface area contributed by atoms with Crippen molar-refractivity contribution < 1.29 is 19.0 Å². The molecular formula is C27H26N4O4. The second kappa shape index (κ2) is 8.79. The van der Waals surface area contributed by atoms with Crippen LogP contribution >= 0.6 is 0 Å². The molecule has 0 saturated carbocycles. The number of rotatable bonds is 4. The van der Waals surface area contributed by atoms with Gasteiger partial charge in [-0.15, -0.1) is 0 Å². The predicted molar refractivity (Wildman–Crippen MR) is 130 cm³/mol. The van der Waals surface area contributed by atoms with E-state index >= 15 is 0 Å². The van der Waals surface area contributed by atoms with Gasteiger partial charge in [0.25, 0.3) is 5.91 Å². The Morgan fingerprint density at radius 1 is 0.943 bits per heavy atom. The average molecular weight is 471 g/mol. The molecule has 2 aliphatic rings. The summed E-state index contributed by atoms with van der Waals surface area (Å²) in [5.74, 6) is 0.0938. The van der Waals surface area contributed by atoms with E-state index in [0.29, 0.717) is 50.5 Å². The van der Waals surface area contributed by atoms with Crippen LogP contribution in [0.3, 0.4) is 0 Å². The van der Waals surface area contributed by atoms with E-state index in [9.17, 15) is 4.79 Å². The summed E-state index contributed by atoms with van der Waals surface area (Å²) in [6.45, 7) is 2.35. The molecule has 2 aliphatic heterocycles. The van der Waals surface area contributed by atoms with Crippen LogP contribution in [-0.4, -0.2) is 64.6 Å². The first-order chi connectivity index (χ1) is 17.1. The molecule has 2 aromatic carbocycles. The van der Waals surface area contributed by atoms with Gasteiger partial charge in [0.1, 0.15) is 11.4 Å². The number of methoxy groups -OCH3 is 1. The summed E-state index contributed by atoms with van der Waals surface area (Å²) in [6.07, 6.45) is 1.32. The monoisotopic (exact) mass is 470 g/mol. The number of nitrogens with zero attached hydrogens (tertiary/aromatic N) is 4. The molecule has 0 radical (unpaired) electrons. The first kappa shape index (κ1) is 21.8. The third kappa shape index (κ3) is 4.05. The number of aromatic nitrogens is 3. The Labute approximate surface area is 203 Å². The number of hydrogen-bond donors (Lipinski definition) is 0. The van der Waals surface area contributed by atoms with Crippen molar-refractivity contribution in [1.82, 2.24) is 19.5 Å². The number of benzene rings is 2. The van der Waals surface area contributed by atoms with E-state index in [0.717, 1.165) is 28.3 Å². The summed E-state index contributed by atoms with van der Waals surface area (Å²) in [4.78, 5) is 20.1. The zero-order valence-corrected chi connectivity index (χ0v) is 19.5.